The Kier molecular flexibility index (Phi) is 3.11. The molecule has 2 N–H and O–H groups in total. The van der Waals surface area contributed by atoms with Gasteiger partial charge in [-0.05, 0) is 0 Å². The van der Waals surface area contributed by atoms with E-state index >= 15 is 0 Å². The summed E-state index contributed by atoms with van der Waals surface area (Å²) in [5.74, 6) is -0.117. The molecule has 0 fully saturated rings. The van der Waals surface area contributed by atoms with Crippen molar-refractivity contribution in [1.29, 1.82) is 0 Å². The standard InChI is InChI=1S/C12H12N4O3/c13-12(11-3-6-19-16-11)9(10-2-5-18-15-10)7-8-1-4-17-14-8/h1-6,9,12H,7,13H2. The fourth-order valence-corrected chi connectivity index (χ4v) is 2.00. The highest BCUT2D eigenvalue weighted by Gasteiger charge is 2.27. The van der Waals surface area contributed by atoms with Crippen molar-refractivity contribution in [1.82, 2.24) is 15.5 Å². The van der Waals surface area contributed by atoms with E-state index in [1.807, 2.05) is 0 Å². The Morgan fingerprint density at radius 3 is 2.11 bits per heavy atom. The maximum absolute atomic E-state index is 6.23. The minimum atomic E-state index is -0.361. The third-order valence-electron chi connectivity index (χ3n) is 2.99. The van der Waals surface area contributed by atoms with E-state index in [0.29, 0.717) is 12.1 Å². The van der Waals surface area contributed by atoms with Crippen LogP contribution in [0.5, 0.6) is 0 Å². The van der Waals surface area contributed by atoms with E-state index < -0.39 is 0 Å². The normalized spacial score (nSPS) is 14.4. The maximum atomic E-state index is 6.23. The third kappa shape index (κ3) is 2.41. The van der Waals surface area contributed by atoms with Crippen LogP contribution in [0.4, 0.5) is 0 Å². The molecule has 3 aromatic heterocycles. The van der Waals surface area contributed by atoms with Crippen molar-refractivity contribution in [3.8, 4) is 0 Å². The summed E-state index contributed by atoms with van der Waals surface area (Å²) in [5.41, 5.74) is 8.44. The van der Waals surface area contributed by atoms with E-state index in [1.165, 1.54) is 18.8 Å². The molecule has 98 valence electrons. The number of nitrogens with two attached hydrogens (primary N) is 1. The molecule has 19 heavy (non-hydrogen) atoms. The number of nitrogens with zero attached hydrogens (tertiary/aromatic N) is 3. The van der Waals surface area contributed by atoms with Crippen LogP contribution in [0.2, 0.25) is 0 Å². The monoisotopic (exact) mass is 260 g/mol. The van der Waals surface area contributed by atoms with Crippen LogP contribution in [0, 0.1) is 0 Å². The van der Waals surface area contributed by atoms with Gasteiger partial charge in [-0.2, -0.15) is 0 Å². The second-order valence-corrected chi connectivity index (χ2v) is 4.18. The Morgan fingerprint density at radius 2 is 1.53 bits per heavy atom. The Hall–Kier alpha value is -2.41. The first-order chi connectivity index (χ1) is 9.34. The first-order valence-electron chi connectivity index (χ1n) is 5.80. The number of rotatable bonds is 5. The van der Waals surface area contributed by atoms with Crippen LogP contribution in [0.25, 0.3) is 0 Å². The molecule has 3 rings (SSSR count). The lowest BCUT2D eigenvalue weighted by molar-refractivity contribution is 0.374. The number of hydrogen-bond donors (Lipinski definition) is 1. The molecular formula is C12H12N4O3. The topological polar surface area (TPSA) is 104 Å². The summed E-state index contributed by atoms with van der Waals surface area (Å²) >= 11 is 0. The van der Waals surface area contributed by atoms with Crippen molar-refractivity contribution in [2.45, 2.75) is 18.4 Å². The fraction of sp³-hybridized carbons (Fsp3) is 0.250. The van der Waals surface area contributed by atoms with Gasteiger partial charge in [0.1, 0.15) is 24.5 Å². The van der Waals surface area contributed by atoms with Crippen LogP contribution < -0.4 is 5.73 Å². The number of aromatic nitrogens is 3. The number of hydrogen-bond acceptors (Lipinski definition) is 7. The van der Waals surface area contributed by atoms with Gasteiger partial charge >= 0.3 is 0 Å². The molecule has 0 aliphatic heterocycles. The summed E-state index contributed by atoms with van der Waals surface area (Å²) in [5, 5.41) is 11.7. The lowest BCUT2D eigenvalue weighted by Gasteiger charge is -2.18. The molecule has 0 saturated heterocycles. The molecule has 0 aromatic carbocycles. The lowest BCUT2D eigenvalue weighted by atomic mass is 9.90. The molecule has 0 aliphatic carbocycles. The first kappa shape index (κ1) is 11.7. The highest BCUT2D eigenvalue weighted by atomic mass is 16.5. The Labute approximate surface area is 108 Å². The first-order valence-corrected chi connectivity index (χ1v) is 5.80. The summed E-state index contributed by atoms with van der Waals surface area (Å²) in [6, 6.07) is 4.95. The summed E-state index contributed by atoms with van der Waals surface area (Å²) in [6.45, 7) is 0. The van der Waals surface area contributed by atoms with Crippen molar-refractivity contribution in [3.05, 3.63) is 54.1 Å². The molecule has 2 unspecified atom stereocenters. The molecule has 3 heterocycles. The van der Waals surface area contributed by atoms with Crippen LogP contribution in [-0.4, -0.2) is 15.5 Å². The average molecular weight is 260 g/mol. The second kappa shape index (κ2) is 5.07. The van der Waals surface area contributed by atoms with Crippen LogP contribution in [0.15, 0.2) is 50.6 Å². The summed E-state index contributed by atoms with van der Waals surface area (Å²) in [4.78, 5) is 0. The van der Waals surface area contributed by atoms with Crippen molar-refractivity contribution in [3.63, 3.8) is 0 Å². The van der Waals surface area contributed by atoms with Gasteiger partial charge in [0.15, 0.2) is 0 Å². The summed E-state index contributed by atoms with van der Waals surface area (Å²) in [7, 11) is 0. The van der Waals surface area contributed by atoms with Crippen molar-refractivity contribution in [2.24, 2.45) is 5.73 Å². The van der Waals surface area contributed by atoms with E-state index in [-0.39, 0.29) is 12.0 Å². The van der Waals surface area contributed by atoms with Crippen molar-refractivity contribution in [2.75, 3.05) is 0 Å². The SMILES string of the molecule is NC(c1ccon1)C(Cc1ccon1)c1ccon1. The Balaban J connectivity index is 1.88. The van der Waals surface area contributed by atoms with E-state index in [9.17, 15) is 0 Å². The molecule has 0 amide bonds. The predicted octanol–water partition coefficient (Wildman–Crippen LogP) is 1.68. The van der Waals surface area contributed by atoms with E-state index in [2.05, 4.69) is 15.5 Å². The van der Waals surface area contributed by atoms with Gasteiger partial charge in [-0.15, -0.1) is 0 Å². The van der Waals surface area contributed by atoms with Gasteiger partial charge < -0.3 is 19.3 Å². The summed E-state index contributed by atoms with van der Waals surface area (Å²) < 4.78 is 14.6. The highest BCUT2D eigenvalue weighted by molar-refractivity contribution is 5.18. The van der Waals surface area contributed by atoms with Gasteiger partial charge in [0.05, 0.1) is 17.4 Å². The maximum Gasteiger partial charge on any atom is 0.124 e. The molecule has 2 atom stereocenters. The summed E-state index contributed by atoms with van der Waals surface area (Å²) in [6.07, 6.45) is 5.11. The molecule has 0 bridgehead atoms. The molecule has 0 spiro atoms. The lowest BCUT2D eigenvalue weighted by Crippen LogP contribution is -2.22. The second-order valence-electron chi connectivity index (χ2n) is 4.18. The molecule has 3 aromatic rings. The highest BCUT2D eigenvalue weighted by Crippen LogP contribution is 2.30. The smallest absolute Gasteiger partial charge is 0.124 e. The molecular weight excluding hydrogens is 248 g/mol. The minimum Gasteiger partial charge on any atom is -0.365 e. The third-order valence-corrected chi connectivity index (χ3v) is 2.99. The quantitative estimate of drug-likeness (QED) is 0.744. The predicted molar refractivity (Wildman–Crippen MR) is 62.9 cm³/mol. The zero-order valence-electron chi connectivity index (χ0n) is 9.97. The Morgan fingerprint density at radius 1 is 0.895 bits per heavy atom. The average Bonchev–Trinajstić information content (AvgIpc) is 3.15. The molecule has 0 saturated carbocycles. The zero-order chi connectivity index (χ0) is 13.1. The fourth-order valence-electron chi connectivity index (χ4n) is 2.00. The van der Waals surface area contributed by atoms with Gasteiger partial charge in [0.25, 0.3) is 0 Å². The zero-order valence-corrected chi connectivity index (χ0v) is 9.97. The Bertz CT molecular complexity index is 589. The van der Waals surface area contributed by atoms with Gasteiger partial charge in [0.2, 0.25) is 0 Å². The van der Waals surface area contributed by atoms with Crippen LogP contribution >= 0.6 is 0 Å². The van der Waals surface area contributed by atoms with E-state index in [4.69, 9.17) is 19.3 Å². The molecule has 0 aliphatic rings. The van der Waals surface area contributed by atoms with E-state index in [0.717, 1.165) is 11.4 Å². The van der Waals surface area contributed by atoms with Gasteiger partial charge in [0, 0.05) is 30.5 Å². The largest absolute Gasteiger partial charge is 0.365 e. The van der Waals surface area contributed by atoms with Crippen LogP contribution in [-0.2, 0) is 6.42 Å². The van der Waals surface area contributed by atoms with Crippen molar-refractivity contribution < 1.29 is 13.6 Å². The van der Waals surface area contributed by atoms with Gasteiger partial charge in [-0.1, -0.05) is 15.5 Å². The minimum absolute atomic E-state index is 0.117. The van der Waals surface area contributed by atoms with Crippen LogP contribution in [0.3, 0.4) is 0 Å². The molecule has 0 radical (unpaired) electrons. The van der Waals surface area contributed by atoms with Gasteiger partial charge in [-0.25, -0.2) is 0 Å². The van der Waals surface area contributed by atoms with Crippen LogP contribution in [0.1, 0.15) is 29.0 Å². The van der Waals surface area contributed by atoms with Gasteiger partial charge in [-0.3, -0.25) is 0 Å². The molecule has 7 nitrogen and oxygen atoms in total. The van der Waals surface area contributed by atoms with E-state index in [1.54, 1.807) is 18.2 Å². The van der Waals surface area contributed by atoms with Crippen molar-refractivity contribution >= 4 is 0 Å². The molecule has 7 heteroatoms.